The summed E-state index contributed by atoms with van der Waals surface area (Å²) in [7, 11) is 1.96. The van der Waals surface area contributed by atoms with Crippen LogP contribution in [-0.2, 0) is 32.9 Å². The summed E-state index contributed by atoms with van der Waals surface area (Å²) < 4.78 is 1.93. The van der Waals surface area contributed by atoms with E-state index >= 15 is 0 Å². The van der Waals surface area contributed by atoms with E-state index in [9.17, 15) is 0 Å². The molecule has 0 spiro atoms. The van der Waals surface area contributed by atoms with Gasteiger partial charge in [0.1, 0.15) is 5.84 Å². The summed E-state index contributed by atoms with van der Waals surface area (Å²) in [5.74, 6) is 0.568. The number of aromatic nitrogens is 5. The van der Waals surface area contributed by atoms with Crippen molar-refractivity contribution in [2.75, 3.05) is 5.32 Å². The van der Waals surface area contributed by atoms with Crippen molar-refractivity contribution in [3.63, 3.8) is 0 Å². The van der Waals surface area contributed by atoms with Crippen LogP contribution in [0.2, 0.25) is 5.02 Å². The van der Waals surface area contributed by atoms with E-state index in [1.807, 2.05) is 54.3 Å². The highest BCUT2D eigenvalue weighted by molar-refractivity contribution is 6.31. The highest BCUT2D eigenvalue weighted by Gasteiger charge is 2.26. The molecule has 4 aromatic rings. The summed E-state index contributed by atoms with van der Waals surface area (Å²) in [6, 6.07) is 11.8. The van der Waals surface area contributed by atoms with Crippen LogP contribution >= 0.6 is 11.6 Å². The van der Waals surface area contributed by atoms with Crippen molar-refractivity contribution in [2.24, 2.45) is 7.05 Å². The van der Waals surface area contributed by atoms with Crippen LogP contribution in [-0.4, -0.2) is 30.6 Å². The number of nitrogens with zero attached hydrogens (tertiary/aromatic N) is 5. The molecule has 1 aromatic carbocycles. The highest BCUT2D eigenvalue weighted by atomic mass is 35.5. The lowest BCUT2D eigenvalue weighted by Gasteiger charge is -2.17. The van der Waals surface area contributed by atoms with Crippen LogP contribution in [0.5, 0.6) is 0 Å². The Morgan fingerprint density at radius 2 is 2.00 bits per heavy atom. The molecule has 0 aliphatic heterocycles. The molecule has 8 nitrogen and oxygen atoms in total. The number of hydrogen-bond acceptors (Lipinski definition) is 6. The average Bonchev–Trinajstić information content (AvgIpc) is 3.19. The Balaban J connectivity index is 1.34. The summed E-state index contributed by atoms with van der Waals surface area (Å²) in [4.78, 5) is 13.3. The van der Waals surface area contributed by atoms with Gasteiger partial charge in [0, 0.05) is 55.4 Å². The molecule has 9 heteroatoms. The van der Waals surface area contributed by atoms with E-state index in [2.05, 4.69) is 20.6 Å². The Morgan fingerprint density at radius 1 is 1.17 bits per heavy atom. The first-order valence-electron chi connectivity index (χ1n) is 11.4. The smallest absolute Gasteiger partial charge is 0.228 e. The molecular weight excluding hydrogens is 460 g/mol. The van der Waals surface area contributed by atoms with E-state index in [-0.39, 0.29) is 5.84 Å². The molecule has 0 radical (unpaired) electrons. The molecule has 176 valence electrons. The average molecular weight is 485 g/mol. The van der Waals surface area contributed by atoms with Crippen molar-refractivity contribution >= 4 is 23.4 Å². The van der Waals surface area contributed by atoms with Crippen molar-refractivity contribution in [2.45, 2.75) is 25.8 Å². The zero-order chi connectivity index (χ0) is 24.2. The minimum atomic E-state index is 0.186. The molecule has 0 saturated carbocycles. The van der Waals surface area contributed by atoms with Gasteiger partial charge in [0.25, 0.3) is 0 Å². The van der Waals surface area contributed by atoms with Crippen LogP contribution in [0.4, 0.5) is 5.95 Å². The molecule has 35 heavy (non-hydrogen) atoms. The quantitative estimate of drug-likeness (QED) is 0.267. The molecule has 3 aromatic heterocycles. The lowest BCUT2D eigenvalue weighted by atomic mass is 9.91. The molecule has 1 aliphatic carbocycles. The van der Waals surface area contributed by atoms with Gasteiger partial charge in [-0.15, -0.1) is 0 Å². The highest BCUT2D eigenvalue weighted by Crippen LogP contribution is 2.36. The standard InChI is InChI=1S/C26H25ClN8/c1-35-22(14-18-4-2-3-5-20(18)27)24-21(34-35)7-6-19-16-31-26(33-25(19)24)32-23(28)10-13-30-15-17-8-11-29-12-9-17/h2-5,8-13,16,30H,6-7,14-15H2,1H3,(H2,28,31,32,33)/b13-10-. The first-order chi connectivity index (χ1) is 17.1. The molecular formula is C26H25ClN8. The molecule has 3 N–H and O–H groups in total. The fourth-order valence-corrected chi connectivity index (χ4v) is 4.40. The second-order valence-electron chi connectivity index (χ2n) is 8.34. The predicted molar refractivity (Wildman–Crippen MR) is 137 cm³/mol. The zero-order valence-corrected chi connectivity index (χ0v) is 20.0. The SMILES string of the molecule is Cn1nc2c(c1Cc1ccccc1Cl)-c1nc(NC(=N)/C=C\NCc3ccncc3)ncc1CC2. The third kappa shape index (κ3) is 5.07. The third-order valence-corrected chi connectivity index (χ3v) is 6.33. The van der Waals surface area contributed by atoms with Gasteiger partial charge < -0.3 is 10.6 Å². The maximum atomic E-state index is 8.25. The Morgan fingerprint density at radius 3 is 2.83 bits per heavy atom. The lowest BCUT2D eigenvalue weighted by molar-refractivity contribution is 0.705. The van der Waals surface area contributed by atoms with Crippen molar-refractivity contribution in [3.8, 4) is 11.3 Å². The second kappa shape index (κ2) is 10.1. The number of rotatable bonds is 7. The van der Waals surface area contributed by atoms with Crippen molar-refractivity contribution in [1.29, 1.82) is 5.41 Å². The fourth-order valence-electron chi connectivity index (χ4n) is 4.19. The van der Waals surface area contributed by atoms with Gasteiger partial charge in [-0.3, -0.25) is 15.1 Å². The fraction of sp³-hybridized carbons (Fsp3) is 0.192. The number of anilines is 1. The summed E-state index contributed by atoms with van der Waals surface area (Å²) in [6.45, 7) is 0.652. The van der Waals surface area contributed by atoms with Crippen molar-refractivity contribution < 1.29 is 0 Å². The lowest BCUT2D eigenvalue weighted by Crippen LogP contribution is -2.14. The molecule has 3 heterocycles. The summed E-state index contributed by atoms with van der Waals surface area (Å²) >= 11 is 6.44. The number of hydrogen-bond donors (Lipinski definition) is 3. The van der Waals surface area contributed by atoms with E-state index in [0.29, 0.717) is 18.9 Å². The van der Waals surface area contributed by atoms with Gasteiger partial charge in [0.05, 0.1) is 17.1 Å². The van der Waals surface area contributed by atoms with Gasteiger partial charge in [-0.05, 0) is 53.8 Å². The van der Waals surface area contributed by atoms with E-state index in [1.54, 1.807) is 24.7 Å². The molecule has 5 rings (SSSR count). The summed E-state index contributed by atoms with van der Waals surface area (Å²) in [5, 5.41) is 19.9. The first kappa shape index (κ1) is 22.7. The Bertz CT molecular complexity index is 1390. The normalized spacial score (nSPS) is 12.3. The minimum absolute atomic E-state index is 0.186. The van der Waals surface area contributed by atoms with Gasteiger partial charge in [-0.25, -0.2) is 9.97 Å². The molecule has 0 fully saturated rings. The molecule has 0 unspecified atom stereocenters. The number of aryl methyl sites for hydroxylation is 3. The van der Waals surface area contributed by atoms with Gasteiger partial charge in [-0.1, -0.05) is 29.8 Å². The van der Waals surface area contributed by atoms with E-state index in [0.717, 1.165) is 57.2 Å². The number of halogens is 1. The molecule has 0 saturated heterocycles. The predicted octanol–water partition coefficient (Wildman–Crippen LogP) is 4.31. The van der Waals surface area contributed by atoms with E-state index in [4.69, 9.17) is 27.1 Å². The second-order valence-corrected chi connectivity index (χ2v) is 8.74. The molecule has 1 aliphatic rings. The Labute approximate surface area is 208 Å². The summed E-state index contributed by atoms with van der Waals surface area (Å²) in [5.41, 5.74) is 7.24. The van der Waals surface area contributed by atoms with Crippen molar-refractivity contribution in [1.82, 2.24) is 30.0 Å². The minimum Gasteiger partial charge on any atom is -0.387 e. The molecule has 0 bridgehead atoms. The van der Waals surface area contributed by atoms with Crippen LogP contribution < -0.4 is 10.6 Å². The number of fused-ring (bicyclic) bond motifs is 3. The van der Waals surface area contributed by atoms with Gasteiger partial charge >= 0.3 is 0 Å². The maximum absolute atomic E-state index is 8.25. The van der Waals surface area contributed by atoms with Crippen molar-refractivity contribution in [3.05, 3.63) is 100 Å². The summed E-state index contributed by atoms with van der Waals surface area (Å²) in [6.07, 6.45) is 11.1. The van der Waals surface area contributed by atoms with Gasteiger partial charge in [-0.2, -0.15) is 5.10 Å². The third-order valence-electron chi connectivity index (χ3n) is 5.96. The van der Waals surface area contributed by atoms with Crippen LogP contribution in [0.1, 0.15) is 28.1 Å². The van der Waals surface area contributed by atoms with E-state index < -0.39 is 0 Å². The molecule has 0 atom stereocenters. The van der Waals surface area contributed by atoms with Crippen LogP contribution in [0, 0.1) is 5.41 Å². The van der Waals surface area contributed by atoms with Gasteiger partial charge in [0.2, 0.25) is 5.95 Å². The van der Waals surface area contributed by atoms with Crippen LogP contribution in [0.3, 0.4) is 0 Å². The van der Waals surface area contributed by atoms with Crippen LogP contribution in [0.25, 0.3) is 11.3 Å². The van der Waals surface area contributed by atoms with Gasteiger partial charge in [0.15, 0.2) is 0 Å². The maximum Gasteiger partial charge on any atom is 0.228 e. The Kier molecular flexibility index (Phi) is 6.54. The van der Waals surface area contributed by atoms with Crippen LogP contribution in [0.15, 0.2) is 67.3 Å². The number of pyridine rings is 1. The monoisotopic (exact) mass is 484 g/mol. The zero-order valence-electron chi connectivity index (χ0n) is 19.3. The number of nitrogens with one attached hydrogen (secondary N) is 3. The first-order valence-corrected chi connectivity index (χ1v) is 11.7. The largest absolute Gasteiger partial charge is 0.387 e. The van der Waals surface area contributed by atoms with E-state index in [1.165, 1.54) is 0 Å². The molecule has 0 amide bonds. The topological polar surface area (TPSA) is 104 Å². The number of amidine groups is 1. The number of benzene rings is 1. The Hall–Kier alpha value is -4.04.